The first-order valence-electron chi connectivity index (χ1n) is 5.62. The van der Waals surface area contributed by atoms with E-state index in [0.717, 1.165) is 6.07 Å². The van der Waals surface area contributed by atoms with Crippen molar-refractivity contribution in [3.63, 3.8) is 0 Å². The number of benzene rings is 1. The van der Waals surface area contributed by atoms with Gasteiger partial charge in [-0.1, -0.05) is 0 Å². The molecule has 20 heavy (non-hydrogen) atoms. The number of carboxylic acid groups (broad SMARTS) is 2. The van der Waals surface area contributed by atoms with E-state index < -0.39 is 35.1 Å². The van der Waals surface area contributed by atoms with Gasteiger partial charge in [-0.2, -0.15) is 0 Å². The maximum absolute atomic E-state index is 12.0. The van der Waals surface area contributed by atoms with Crippen molar-refractivity contribution in [3.05, 3.63) is 23.3 Å². The summed E-state index contributed by atoms with van der Waals surface area (Å²) in [4.78, 5) is 33.6. The molecule has 108 valence electrons. The van der Waals surface area contributed by atoms with Crippen LogP contribution in [-0.4, -0.2) is 39.1 Å². The second-order valence-corrected chi connectivity index (χ2v) is 4.14. The summed E-state index contributed by atoms with van der Waals surface area (Å²) in [5.74, 6) is -4.04. The van der Waals surface area contributed by atoms with Crippen LogP contribution in [0.5, 0.6) is 5.75 Å². The fraction of sp³-hybridized carbons (Fsp3) is 0.250. The maximum atomic E-state index is 12.0. The third-order valence-electron chi connectivity index (χ3n) is 2.71. The van der Waals surface area contributed by atoms with Gasteiger partial charge in [-0.3, -0.25) is 9.59 Å². The van der Waals surface area contributed by atoms with Crippen LogP contribution in [0.1, 0.15) is 33.6 Å². The lowest BCUT2D eigenvalue weighted by Crippen LogP contribution is -2.30. The Morgan fingerprint density at radius 2 is 1.75 bits per heavy atom. The number of aromatic carboxylic acids is 1. The summed E-state index contributed by atoms with van der Waals surface area (Å²) in [6.07, 6.45) is -0.455. The zero-order chi connectivity index (χ0) is 15.4. The number of carbonyl (C=O) groups excluding carboxylic acids is 1. The summed E-state index contributed by atoms with van der Waals surface area (Å²) in [7, 11) is 0. The number of carbonyl (C=O) groups is 3. The van der Waals surface area contributed by atoms with E-state index in [2.05, 4.69) is 0 Å². The Balaban J connectivity index is 3.07. The van der Waals surface area contributed by atoms with E-state index in [4.69, 9.17) is 21.7 Å². The van der Waals surface area contributed by atoms with Gasteiger partial charge in [-0.15, -0.1) is 0 Å². The van der Waals surface area contributed by atoms with Crippen molar-refractivity contribution < 1.29 is 29.7 Å². The van der Waals surface area contributed by atoms with E-state index in [0.29, 0.717) is 0 Å². The third-order valence-corrected chi connectivity index (χ3v) is 2.71. The monoisotopic (exact) mass is 282 g/mol. The van der Waals surface area contributed by atoms with Gasteiger partial charge in [0.05, 0.1) is 5.56 Å². The Kier molecular flexibility index (Phi) is 4.65. The molecule has 0 aliphatic carbocycles. The van der Waals surface area contributed by atoms with Crippen LogP contribution in [0.2, 0.25) is 0 Å². The minimum absolute atomic E-state index is 0.103. The number of Topliss-reactive ketones (excluding diaryl/α,β-unsaturated/α-hetero) is 1. The number of carboxylic acids is 2. The van der Waals surface area contributed by atoms with Crippen molar-refractivity contribution >= 4 is 23.4 Å². The highest BCUT2D eigenvalue weighted by Crippen LogP contribution is 2.28. The molecule has 0 amide bonds. The molecule has 0 fully saturated rings. The fourth-order valence-electron chi connectivity index (χ4n) is 1.66. The largest absolute Gasteiger partial charge is 0.507 e. The number of nitrogen functional groups attached to an aromatic ring is 1. The van der Waals surface area contributed by atoms with E-state index in [1.165, 1.54) is 6.07 Å². The average Bonchev–Trinajstić information content (AvgIpc) is 2.37. The van der Waals surface area contributed by atoms with E-state index in [1.54, 1.807) is 0 Å². The van der Waals surface area contributed by atoms with E-state index in [-0.39, 0.29) is 24.1 Å². The van der Waals surface area contributed by atoms with Crippen molar-refractivity contribution in [2.75, 3.05) is 5.73 Å². The van der Waals surface area contributed by atoms with Crippen molar-refractivity contribution in [2.24, 2.45) is 5.73 Å². The summed E-state index contributed by atoms with van der Waals surface area (Å²) >= 11 is 0. The molecule has 1 unspecified atom stereocenters. The molecule has 1 rings (SSSR count). The standard InChI is InChI=1S/C12H14N2O6/c13-5-1-3-8(16)10(12(19)20)9(5)7(15)4-2-6(14)11(17)18/h1,3,6,16H,2,4,13-14H2,(H,17,18)(H,19,20). The summed E-state index contributed by atoms with van der Waals surface area (Å²) in [5, 5.41) is 27.1. The first-order valence-corrected chi connectivity index (χ1v) is 5.62. The summed E-state index contributed by atoms with van der Waals surface area (Å²) in [5.41, 5.74) is 9.77. The fourth-order valence-corrected chi connectivity index (χ4v) is 1.66. The van der Waals surface area contributed by atoms with Crippen LogP contribution in [0.25, 0.3) is 0 Å². The molecule has 7 N–H and O–H groups in total. The molecule has 8 heteroatoms. The Labute approximate surface area is 113 Å². The molecule has 0 aliphatic rings. The number of hydrogen-bond donors (Lipinski definition) is 5. The third kappa shape index (κ3) is 3.23. The van der Waals surface area contributed by atoms with Crippen molar-refractivity contribution in [1.29, 1.82) is 0 Å². The molecule has 0 saturated carbocycles. The molecule has 0 radical (unpaired) electrons. The number of hydrogen-bond acceptors (Lipinski definition) is 6. The normalized spacial score (nSPS) is 11.8. The predicted molar refractivity (Wildman–Crippen MR) is 68.7 cm³/mol. The van der Waals surface area contributed by atoms with Gasteiger partial charge >= 0.3 is 11.9 Å². The molecule has 1 atom stereocenters. The molecule has 0 aliphatic heterocycles. The molecule has 0 aromatic heterocycles. The molecule has 0 spiro atoms. The second-order valence-electron chi connectivity index (χ2n) is 4.14. The van der Waals surface area contributed by atoms with Gasteiger partial charge in [0.25, 0.3) is 0 Å². The summed E-state index contributed by atoms with van der Waals surface area (Å²) < 4.78 is 0. The van der Waals surface area contributed by atoms with Gasteiger partial charge in [-0.25, -0.2) is 4.79 Å². The van der Waals surface area contributed by atoms with Crippen molar-refractivity contribution in [2.45, 2.75) is 18.9 Å². The number of aromatic hydroxyl groups is 1. The van der Waals surface area contributed by atoms with Gasteiger partial charge in [0, 0.05) is 12.1 Å². The Morgan fingerprint density at radius 1 is 1.15 bits per heavy atom. The van der Waals surface area contributed by atoms with Crippen LogP contribution in [-0.2, 0) is 4.79 Å². The Bertz CT molecular complexity index is 569. The maximum Gasteiger partial charge on any atom is 0.340 e. The topological polar surface area (TPSA) is 164 Å². The molecule has 0 saturated heterocycles. The summed E-state index contributed by atoms with van der Waals surface area (Å²) in [6, 6.07) is 1.04. The molecular weight excluding hydrogens is 268 g/mol. The molecule has 1 aromatic carbocycles. The first-order chi connectivity index (χ1) is 9.25. The minimum Gasteiger partial charge on any atom is -0.507 e. The highest BCUT2D eigenvalue weighted by atomic mass is 16.4. The quantitative estimate of drug-likeness (QED) is 0.277. The van der Waals surface area contributed by atoms with Crippen molar-refractivity contribution in [1.82, 2.24) is 0 Å². The number of rotatable bonds is 6. The lowest BCUT2D eigenvalue weighted by molar-refractivity contribution is -0.138. The molecule has 0 bridgehead atoms. The number of aliphatic carboxylic acids is 1. The van der Waals surface area contributed by atoms with Gasteiger partial charge in [0.15, 0.2) is 5.78 Å². The smallest absolute Gasteiger partial charge is 0.340 e. The van der Waals surface area contributed by atoms with Gasteiger partial charge in [-0.05, 0) is 18.6 Å². The van der Waals surface area contributed by atoms with Crippen LogP contribution in [0.15, 0.2) is 12.1 Å². The SMILES string of the molecule is Nc1ccc(O)c(C(=O)O)c1C(=O)CCC(N)C(=O)O. The molecule has 8 nitrogen and oxygen atoms in total. The Hall–Kier alpha value is -2.61. The summed E-state index contributed by atoms with van der Waals surface area (Å²) in [6.45, 7) is 0. The number of ketones is 1. The minimum atomic E-state index is -1.50. The number of nitrogens with two attached hydrogens (primary N) is 2. The lowest BCUT2D eigenvalue weighted by Gasteiger charge is -2.11. The molecule has 0 heterocycles. The lowest BCUT2D eigenvalue weighted by atomic mass is 9.96. The van der Waals surface area contributed by atoms with Gasteiger partial charge < -0.3 is 26.8 Å². The van der Waals surface area contributed by atoms with E-state index >= 15 is 0 Å². The van der Waals surface area contributed by atoms with Crippen LogP contribution >= 0.6 is 0 Å². The highest BCUT2D eigenvalue weighted by Gasteiger charge is 2.24. The number of phenols is 1. The van der Waals surface area contributed by atoms with Crippen LogP contribution in [0.4, 0.5) is 5.69 Å². The predicted octanol–water partition coefficient (Wildman–Crippen LogP) is 0.0474. The number of anilines is 1. The first kappa shape index (κ1) is 15.4. The van der Waals surface area contributed by atoms with Gasteiger partial charge in [0.2, 0.25) is 0 Å². The zero-order valence-electron chi connectivity index (χ0n) is 10.4. The van der Waals surface area contributed by atoms with Gasteiger partial charge in [0.1, 0.15) is 17.4 Å². The zero-order valence-corrected chi connectivity index (χ0v) is 10.4. The highest BCUT2D eigenvalue weighted by molar-refractivity contribution is 6.11. The van der Waals surface area contributed by atoms with E-state index in [9.17, 15) is 19.5 Å². The van der Waals surface area contributed by atoms with E-state index in [1.807, 2.05) is 0 Å². The average molecular weight is 282 g/mol. The molecule has 1 aromatic rings. The van der Waals surface area contributed by atoms with Crippen LogP contribution in [0.3, 0.4) is 0 Å². The van der Waals surface area contributed by atoms with Crippen LogP contribution in [0, 0.1) is 0 Å². The Morgan fingerprint density at radius 3 is 2.25 bits per heavy atom. The second kappa shape index (κ2) is 6.02. The van der Waals surface area contributed by atoms with Crippen molar-refractivity contribution in [3.8, 4) is 5.75 Å². The van der Waals surface area contributed by atoms with Crippen LogP contribution < -0.4 is 11.5 Å². The molecular formula is C12H14N2O6.